The molecular weight excluding hydrogens is 1320 g/mol. The Morgan fingerprint density at radius 3 is 1.85 bits per heavy atom. The molecule has 554 valence electrons. The zero-order chi connectivity index (χ0) is 74.3. The van der Waals surface area contributed by atoms with Gasteiger partial charge in [-0.05, 0) is 80.7 Å². The maximum Gasteiger partial charge on any atom is 0.305 e. The Hall–Kier alpha value is -9.05. The molecule has 100 heavy (non-hydrogen) atoms. The molecule has 1 fully saturated rings. The van der Waals surface area contributed by atoms with Gasteiger partial charge >= 0.3 is 11.9 Å². The number of nitrogens with two attached hydrogens (primary N) is 3. The lowest BCUT2D eigenvalue weighted by molar-refractivity contribution is -0.142. The second-order valence-electron chi connectivity index (χ2n) is 26.0. The molecule has 3 heterocycles. The van der Waals surface area contributed by atoms with Crippen molar-refractivity contribution in [1.82, 2.24) is 68.5 Å². The molecule has 2 aromatic rings. The second-order valence-corrected chi connectivity index (χ2v) is 27.0. The number of H-pyrrole nitrogens is 1. The summed E-state index contributed by atoms with van der Waals surface area (Å²) >= 11 is 1.35. The molecule has 15 atom stereocenters. The fourth-order valence-corrected chi connectivity index (χ4v) is 12.0. The van der Waals surface area contributed by atoms with Crippen LogP contribution in [0.4, 0.5) is 0 Å². The number of aliphatic carboxylic acids is 2. The topological polar surface area (TPSA) is 531 Å². The van der Waals surface area contributed by atoms with E-state index < -0.39 is 193 Å². The van der Waals surface area contributed by atoms with E-state index in [0.29, 0.717) is 16.3 Å². The molecule has 1 unspecified atom stereocenters. The number of nitrogens with zero attached hydrogens (tertiary/aromatic N) is 2. The molecule has 0 spiro atoms. The lowest BCUT2D eigenvalue weighted by atomic mass is 9.96. The number of aromatic nitrogens is 2. The van der Waals surface area contributed by atoms with Gasteiger partial charge in [0, 0.05) is 43.5 Å². The predicted molar refractivity (Wildman–Crippen MR) is 369 cm³/mol. The molecular formula is C66H103N17O16S. The van der Waals surface area contributed by atoms with Crippen molar-refractivity contribution >= 4 is 99.6 Å². The fraction of sp³-hybridized carbons (Fsp3) is 0.636. The largest absolute Gasteiger partial charge is 0.481 e. The van der Waals surface area contributed by atoms with Crippen LogP contribution in [0.15, 0.2) is 47.8 Å². The van der Waals surface area contributed by atoms with E-state index in [2.05, 4.69) is 73.4 Å². The number of thioether (sulfide) groups is 1. The van der Waals surface area contributed by atoms with Crippen molar-refractivity contribution in [3.8, 4) is 0 Å². The Morgan fingerprint density at radius 2 is 1.26 bits per heavy atom. The number of rotatable bonds is 31. The zero-order valence-electron chi connectivity index (χ0n) is 58.2. The monoisotopic (exact) mass is 1420 g/mol. The van der Waals surface area contributed by atoms with Crippen LogP contribution in [0, 0.1) is 23.7 Å². The molecule has 2 aliphatic heterocycles. The van der Waals surface area contributed by atoms with Gasteiger partial charge in [0.05, 0.1) is 30.3 Å². The van der Waals surface area contributed by atoms with E-state index in [1.54, 1.807) is 58.0 Å². The molecule has 20 N–H and O–H groups in total. The average Bonchev–Trinajstić information content (AvgIpc) is 1.24. The van der Waals surface area contributed by atoms with E-state index in [4.69, 9.17) is 17.2 Å². The Bertz CT molecular complexity index is 3160. The maximum atomic E-state index is 14.9. The number of primary amides is 1. The van der Waals surface area contributed by atoms with Crippen LogP contribution in [0.2, 0.25) is 0 Å². The van der Waals surface area contributed by atoms with Crippen LogP contribution in [0.3, 0.4) is 0 Å². The average molecular weight is 1420 g/mol. The minimum atomic E-state index is -1.94. The lowest BCUT2D eigenvalue weighted by Crippen LogP contribution is -2.62. The predicted octanol–water partition coefficient (Wildman–Crippen LogP) is -1.68. The number of amides is 12. The first-order valence-electron chi connectivity index (χ1n) is 34.1. The van der Waals surface area contributed by atoms with Gasteiger partial charge in [-0.15, -0.1) is 11.8 Å². The summed E-state index contributed by atoms with van der Waals surface area (Å²) in [5.74, 6) is -15.4. The molecule has 33 nitrogen and oxygen atoms in total. The van der Waals surface area contributed by atoms with Crippen molar-refractivity contribution in [2.24, 2.45) is 45.9 Å². The van der Waals surface area contributed by atoms with Crippen molar-refractivity contribution in [2.45, 2.75) is 224 Å². The third-order valence-corrected chi connectivity index (χ3v) is 18.6. The molecule has 0 saturated carbocycles. The van der Waals surface area contributed by atoms with Crippen LogP contribution in [-0.2, 0) is 80.0 Å². The third-order valence-electron chi connectivity index (χ3n) is 17.5. The molecule has 34 heteroatoms. The van der Waals surface area contributed by atoms with Crippen LogP contribution in [0.1, 0.15) is 150 Å². The van der Waals surface area contributed by atoms with E-state index in [-0.39, 0.29) is 94.9 Å². The molecule has 1 saturated heterocycles. The molecule has 1 aromatic carbocycles. The van der Waals surface area contributed by atoms with E-state index in [1.165, 1.54) is 24.3 Å². The molecule has 1 aromatic heterocycles. The van der Waals surface area contributed by atoms with E-state index >= 15 is 0 Å². The lowest BCUT2D eigenvalue weighted by Gasteiger charge is -2.30. The number of carbonyl (C=O) groups is 14. The highest BCUT2D eigenvalue weighted by Crippen LogP contribution is 2.25. The van der Waals surface area contributed by atoms with Gasteiger partial charge in [0.2, 0.25) is 70.9 Å². The van der Waals surface area contributed by atoms with Gasteiger partial charge in [-0.25, -0.2) is 4.98 Å². The number of aliphatic imine (C=N–C) groups is 1. The van der Waals surface area contributed by atoms with Crippen LogP contribution in [0.25, 0.3) is 0 Å². The zero-order valence-corrected chi connectivity index (χ0v) is 59.0. The Balaban J connectivity index is 1.77. The van der Waals surface area contributed by atoms with Crippen molar-refractivity contribution in [3.63, 3.8) is 0 Å². The summed E-state index contributed by atoms with van der Waals surface area (Å²) in [6, 6.07) is -8.34. The summed E-state index contributed by atoms with van der Waals surface area (Å²) < 4.78 is 0. The summed E-state index contributed by atoms with van der Waals surface area (Å²) in [5.41, 5.74) is 18.7. The Labute approximate surface area is 586 Å². The molecule has 4 rings (SSSR count). The van der Waals surface area contributed by atoms with Gasteiger partial charge < -0.3 is 90.9 Å². The summed E-state index contributed by atoms with van der Waals surface area (Å²) in [6.07, 6.45) is 0.368. The van der Waals surface area contributed by atoms with Gasteiger partial charge in [-0.1, -0.05) is 105 Å². The molecule has 0 radical (unpaired) electrons. The van der Waals surface area contributed by atoms with Crippen molar-refractivity contribution in [1.29, 1.82) is 0 Å². The summed E-state index contributed by atoms with van der Waals surface area (Å²) in [6.45, 7) is 14.1. The van der Waals surface area contributed by atoms with Gasteiger partial charge in [-0.3, -0.25) is 72.1 Å². The van der Waals surface area contributed by atoms with E-state index in [1.807, 2.05) is 27.7 Å². The van der Waals surface area contributed by atoms with Crippen LogP contribution < -0.4 is 75.7 Å². The summed E-state index contributed by atoms with van der Waals surface area (Å²) in [7, 11) is 0. The van der Waals surface area contributed by atoms with Gasteiger partial charge in [0.15, 0.2) is 0 Å². The molecule has 0 bridgehead atoms. The first kappa shape index (κ1) is 83.4. The number of carbonyl (C=O) groups excluding carboxylic acids is 12. The normalized spacial score (nSPS) is 23.1. The number of imidazole rings is 1. The molecule has 0 aliphatic carbocycles. The maximum absolute atomic E-state index is 14.9. The van der Waals surface area contributed by atoms with Crippen LogP contribution in [-0.4, -0.2) is 199 Å². The number of aromatic amines is 1. The highest BCUT2D eigenvalue weighted by molar-refractivity contribution is 8.14. The Kier molecular flexibility index (Phi) is 35.1. The summed E-state index contributed by atoms with van der Waals surface area (Å²) in [5, 5.41) is 49.1. The number of nitrogens with one attached hydrogen (secondary N) is 12. The van der Waals surface area contributed by atoms with Gasteiger partial charge in [0.25, 0.3) is 0 Å². The minimum absolute atomic E-state index is 0.00117. The highest BCUT2D eigenvalue weighted by atomic mass is 32.2. The molecule has 12 amide bonds. The first-order valence-corrected chi connectivity index (χ1v) is 35.1. The molecule has 2 aliphatic rings. The highest BCUT2D eigenvalue weighted by Gasteiger charge is 2.40. The van der Waals surface area contributed by atoms with Crippen LogP contribution >= 0.6 is 11.8 Å². The number of hydrogen-bond donors (Lipinski definition) is 17. The number of carboxylic acids is 2. The number of carboxylic acid groups (broad SMARTS) is 2. The van der Waals surface area contributed by atoms with Crippen molar-refractivity contribution in [3.05, 3.63) is 54.1 Å². The Morgan fingerprint density at radius 1 is 0.660 bits per heavy atom. The van der Waals surface area contributed by atoms with E-state index in [0.717, 1.165) is 6.42 Å². The fourth-order valence-electron chi connectivity index (χ4n) is 10.9. The number of hydrogen-bond acceptors (Lipinski definition) is 19. The smallest absolute Gasteiger partial charge is 0.305 e. The number of benzene rings is 1. The van der Waals surface area contributed by atoms with Gasteiger partial charge in [-0.2, -0.15) is 0 Å². The van der Waals surface area contributed by atoms with Crippen LogP contribution in [0.5, 0.6) is 0 Å². The van der Waals surface area contributed by atoms with Gasteiger partial charge in [0.1, 0.15) is 66.5 Å². The SMILES string of the molecule is CC[C@H](C)C1NC(=O)[C@@H](CCCN)NC(=O)[C@@H](NC(=O)[C@@H](NC(=O)[C@@H](CCC(=O)O)NC(=O)[C@H](CC(C)C)NC(=O)[C@@H]2CSC([C@@H](N)[C@@H](C)CC)=N2)[C@@H](C)CC)CCCCNC(=O)[C@H](CC(N)=O)NC(=O)[C@@H](CC(=O)O)NC(=O)[C@H](Cc2cnc[nH]2)NC(=O)[C@@H](Cc2ccccc2)NC1=O. The van der Waals surface area contributed by atoms with E-state index in [9.17, 15) is 77.3 Å². The van der Waals surface area contributed by atoms with Crippen molar-refractivity contribution < 1.29 is 77.3 Å². The standard InChI is InChI=1S/C66H103N17O16S/c1-9-35(6)52(69)66-81-48(32-100-66)63(97)76-43(26-34(4)5)59(93)74-42(22-23-50(85)86)58(92)83-53(36(7)10-2)64(98)75-40-20-15-16-25-71-55(89)46(29-49(68)84)78-62(96)47(30-51(87)88)79-61(95)45(28-39-31-70-33-72-39)77-60(94)44(27-38-18-13-12-14-19-38)80-65(99)54(37(8)11-3)82-57(91)41(21-17-24-67)73-56(40)90/h12-14,18-19,31,33-37,40-48,52-54H,9-11,15-17,20-30,32,67,69H2,1-8H3,(H2,68,84)(H,70,72)(H,71,89)(H,73,90)(H,74,93)(H,75,98)(H,76,97)(H,77,94)(H,78,96)(H,79,95)(H,80,99)(H,82,91)(H,83,92)(H,85,86)(H,87,88)/t35-,36-,37-,40-,41+,42+,43-,44+,45-,46-,47+,48-,52-,53-,54?/m0/s1. The quantitative estimate of drug-likeness (QED) is 0.0401. The first-order chi connectivity index (χ1) is 47.4. The summed E-state index contributed by atoms with van der Waals surface area (Å²) in [4.78, 5) is 207. The third kappa shape index (κ3) is 27.6. The van der Waals surface area contributed by atoms with Crippen molar-refractivity contribution in [2.75, 3.05) is 18.8 Å². The minimum Gasteiger partial charge on any atom is -0.481 e. The second kappa shape index (κ2) is 42.1.